The van der Waals surface area contributed by atoms with Crippen LogP contribution in [0.25, 0.3) is 0 Å². The summed E-state index contributed by atoms with van der Waals surface area (Å²) in [5, 5.41) is 171. The SMILES string of the molecule is CC(CC[C@@]1(O)O[C@H]2CC3C4CCC5C[C@@H](O[C@@H]6O[C@H](CO)[C@H](O[C@@H]7O[C@H](CO)[C@@H](O)[C@H](O)[C@H]7O[C@@H]7O[C@H](CO)[C@@H](O)[C@H](O)[C@H]7O)[C@H](O)[C@H]6O)[C@H](O)C[C@]5(C)C4CC[C@]3(C)[C@H]2[C@@H]1C)CO[C@@H]1O[C@H](CO)[C@@H](O)[C@H](O)[C@H]1O. The Labute approximate surface area is 441 Å². The van der Waals surface area contributed by atoms with Crippen molar-refractivity contribution in [1.82, 2.24) is 0 Å². The summed E-state index contributed by atoms with van der Waals surface area (Å²) in [6, 6.07) is 0. The van der Waals surface area contributed by atoms with E-state index in [1.165, 1.54) is 0 Å². The van der Waals surface area contributed by atoms with E-state index in [2.05, 4.69) is 20.8 Å². The molecule has 9 fully saturated rings. The second kappa shape index (κ2) is 23.3. The van der Waals surface area contributed by atoms with Gasteiger partial charge in [-0.1, -0.05) is 27.7 Å². The van der Waals surface area contributed by atoms with E-state index in [0.29, 0.717) is 37.5 Å². The van der Waals surface area contributed by atoms with Crippen molar-refractivity contribution in [3.8, 4) is 0 Å². The summed E-state index contributed by atoms with van der Waals surface area (Å²) in [6.07, 6.45) is -28.6. The summed E-state index contributed by atoms with van der Waals surface area (Å²) in [6.45, 7) is 5.77. The van der Waals surface area contributed by atoms with Crippen LogP contribution in [0.2, 0.25) is 0 Å². The molecule has 25 nitrogen and oxygen atoms in total. The third kappa shape index (κ3) is 10.6. The van der Waals surface area contributed by atoms with E-state index < -0.39 is 167 Å². The Bertz CT molecular complexity index is 1910. The predicted molar refractivity (Wildman–Crippen MR) is 253 cm³/mol. The molecule has 0 aromatic rings. The molecule has 9 aliphatic rings. The van der Waals surface area contributed by atoms with Crippen LogP contribution in [0.3, 0.4) is 0 Å². The molecule has 4 saturated carbocycles. The highest BCUT2D eigenvalue weighted by Gasteiger charge is 2.69. The largest absolute Gasteiger partial charge is 0.394 e. The molecule has 9 rings (SSSR count). The maximum Gasteiger partial charge on any atom is 0.187 e. The number of rotatable bonds is 16. The van der Waals surface area contributed by atoms with Crippen molar-refractivity contribution in [3.05, 3.63) is 0 Å². The molecule has 5 unspecified atom stereocenters. The first-order chi connectivity index (χ1) is 35.9. The lowest BCUT2D eigenvalue weighted by Gasteiger charge is -2.62. The second-order valence-electron chi connectivity index (χ2n) is 24.4. The molecule has 0 spiro atoms. The second-order valence-corrected chi connectivity index (χ2v) is 24.4. The van der Waals surface area contributed by atoms with Crippen LogP contribution < -0.4 is 0 Å². The number of aliphatic hydroxyl groups is 16. The molecule has 76 heavy (non-hydrogen) atoms. The molecule has 440 valence electrons. The maximum absolute atomic E-state index is 12.1. The van der Waals surface area contributed by atoms with Gasteiger partial charge in [-0.05, 0) is 97.7 Å². The number of hydrogen-bond acceptors (Lipinski definition) is 25. The van der Waals surface area contributed by atoms with Crippen molar-refractivity contribution in [2.24, 2.45) is 52.3 Å². The van der Waals surface area contributed by atoms with Crippen LogP contribution in [-0.2, 0) is 42.6 Å². The highest BCUT2D eigenvalue weighted by atomic mass is 16.8. The van der Waals surface area contributed by atoms with Crippen molar-refractivity contribution in [1.29, 1.82) is 0 Å². The van der Waals surface area contributed by atoms with E-state index in [1.54, 1.807) is 0 Å². The average Bonchev–Trinajstić information content (AvgIpc) is 3.94. The lowest BCUT2D eigenvalue weighted by Crippen LogP contribution is -2.67. The lowest BCUT2D eigenvalue weighted by molar-refractivity contribution is -0.391. The van der Waals surface area contributed by atoms with Gasteiger partial charge in [-0.3, -0.25) is 0 Å². The Morgan fingerprint density at radius 2 is 1.08 bits per heavy atom. The fourth-order valence-corrected chi connectivity index (χ4v) is 15.7. The van der Waals surface area contributed by atoms with E-state index in [9.17, 15) is 81.7 Å². The van der Waals surface area contributed by atoms with Crippen LogP contribution >= 0.6 is 0 Å². The molecule has 0 aromatic carbocycles. The minimum atomic E-state index is -1.94. The molecule has 5 heterocycles. The summed E-state index contributed by atoms with van der Waals surface area (Å²) in [7, 11) is 0. The van der Waals surface area contributed by atoms with Gasteiger partial charge in [0.2, 0.25) is 0 Å². The molecule has 25 heteroatoms. The van der Waals surface area contributed by atoms with Gasteiger partial charge in [0.15, 0.2) is 30.9 Å². The minimum Gasteiger partial charge on any atom is -0.394 e. The van der Waals surface area contributed by atoms with E-state index in [-0.39, 0.29) is 53.1 Å². The van der Waals surface area contributed by atoms with Gasteiger partial charge >= 0.3 is 0 Å². The van der Waals surface area contributed by atoms with Crippen LogP contribution in [0.1, 0.15) is 85.5 Å². The topological polar surface area (TPSA) is 407 Å². The van der Waals surface area contributed by atoms with Crippen LogP contribution in [0.4, 0.5) is 0 Å². The van der Waals surface area contributed by atoms with Gasteiger partial charge in [0, 0.05) is 12.3 Å². The third-order valence-electron chi connectivity index (χ3n) is 20.1. The van der Waals surface area contributed by atoms with Gasteiger partial charge in [-0.25, -0.2) is 0 Å². The standard InChI is InChI=1S/C51H86O25/c1-19(18-68-45-40(64)36(60)33(57)28(14-52)70-45)7-10-51(67)20(2)32-27(76-51)12-24-22-6-5-21-11-26(25(56)13-50(21,4)23(22)8-9-49(24,32)3)69-46-42(66)39(63)43(31(17-55)73-46)74-48-44(38(62)35(59)30(16-54)72-48)75-47-41(65)37(61)34(58)29(15-53)71-47/h19-48,52-67H,5-18H2,1-4H3/t19?,20-,21?,22?,23?,24?,25+,26+,27-,28+,29+,30+,31+,32-,33+,34+,35+,36-,37-,38-,39+,40+,41+,42+,43-,44+,45+,46+,47-,48-,49-,50-,51+/m0/s1. The fraction of sp³-hybridized carbons (Fsp3) is 1.00. The highest BCUT2D eigenvalue weighted by molar-refractivity contribution is 5.15. The number of fused-ring (bicyclic) bond motifs is 7. The molecular formula is C51H86O25. The van der Waals surface area contributed by atoms with Gasteiger partial charge < -0.3 is 124 Å². The van der Waals surface area contributed by atoms with Crippen LogP contribution in [-0.4, -0.2) is 262 Å². The molecule has 16 N–H and O–H groups in total. The molecule has 0 radical (unpaired) electrons. The van der Waals surface area contributed by atoms with Crippen molar-refractivity contribution in [2.75, 3.05) is 33.0 Å². The quantitative estimate of drug-likeness (QED) is 0.0644. The van der Waals surface area contributed by atoms with Crippen LogP contribution in [0.5, 0.6) is 0 Å². The summed E-state index contributed by atoms with van der Waals surface area (Å²) < 4.78 is 53.2. The van der Waals surface area contributed by atoms with Gasteiger partial charge in [0.05, 0.1) is 51.3 Å². The van der Waals surface area contributed by atoms with E-state index in [1.807, 2.05) is 6.92 Å². The Kier molecular flexibility index (Phi) is 18.3. The Morgan fingerprint density at radius 3 is 1.71 bits per heavy atom. The van der Waals surface area contributed by atoms with Gasteiger partial charge in [-0.2, -0.15) is 0 Å². The fourth-order valence-electron chi connectivity index (χ4n) is 15.7. The number of ether oxygens (including phenoxy) is 9. The zero-order chi connectivity index (χ0) is 55.1. The summed E-state index contributed by atoms with van der Waals surface area (Å²) >= 11 is 0. The Hall–Kier alpha value is -1.00. The Morgan fingerprint density at radius 1 is 0.553 bits per heavy atom. The first-order valence-corrected chi connectivity index (χ1v) is 27.5. The average molecular weight is 1100 g/mol. The van der Waals surface area contributed by atoms with Gasteiger partial charge in [0.1, 0.15) is 97.7 Å². The molecule has 5 saturated heterocycles. The smallest absolute Gasteiger partial charge is 0.187 e. The Balaban J connectivity index is 0.797. The first kappa shape index (κ1) is 59.6. The number of hydrogen-bond donors (Lipinski definition) is 16. The molecule has 5 aliphatic heterocycles. The molecule has 0 aromatic heterocycles. The van der Waals surface area contributed by atoms with E-state index >= 15 is 0 Å². The normalized spacial score (nSPS) is 55.8. The summed E-state index contributed by atoms with van der Waals surface area (Å²) in [4.78, 5) is 0. The van der Waals surface area contributed by atoms with E-state index in [4.69, 9.17) is 42.6 Å². The first-order valence-electron chi connectivity index (χ1n) is 27.5. The van der Waals surface area contributed by atoms with Crippen LogP contribution in [0, 0.1) is 52.3 Å². The molecule has 0 amide bonds. The zero-order valence-electron chi connectivity index (χ0n) is 43.5. The minimum absolute atomic E-state index is 0.0959. The van der Waals surface area contributed by atoms with Crippen molar-refractivity contribution in [3.63, 3.8) is 0 Å². The highest BCUT2D eigenvalue weighted by Crippen LogP contribution is 2.71. The summed E-state index contributed by atoms with van der Waals surface area (Å²) in [5.41, 5.74) is -0.363. The van der Waals surface area contributed by atoms with Crippen molar-refractivity contribution < 1.29 is 124 Å². The molecule has 33 atom stereocenters. The predicted octanol–water partition coefficient (Wildman–Crippen LogP) is -4.98. The summed E-state index contributed by atoms with van der Waals surface area (Å²) in [5.74, 6) is -0.406. The molecule has 0 bridgehead atoms. The maximum atomic E-state index is 12.1. The van der Waals surface area contributed by atoms with Gasteiger partial charge in [0.25, 0.3) is 0 Å². The third-order valence-corrected chi connectivity index (χ3v) is 20.1. The van der Waals surface area contributed by atoms with E-state index in [0.717, 1.165) is 32.1 Å². The van der Waals surface area contributed by atoms with Crippen molar-refractivity contribution in [2.45, 2.75) is 232 Å². The van der Waals surface area contributed by atoms with Crippen LogP contribution in [0.15, 0.2) is 0 Å². The molecular weight excluding hydrogens is 1010 g/mol. The number of aliphatic hydroxyl groups excluding tert-OH is 15. The zero-order valence-corrected chi connectivity index (χ0v) is 43.5. The molecule has 4 aliphatic carbocycles. The van der Waals surface area contributed by atoms with Crippen molar-refractivity contribution >= 4 is 0 Å². The monoisotopic (exact) mass is 1100 g/mol. The van der Waals surface area contributed by atoms with Gasteiger partial charge in [-0.15, -0.1) is 0 Å². The lowest BCUT2D eigenvalue weighted by atomic mass is 9.44.